The number of hydrogen-bond donors (Lipinski definition) is 2. The molecule has 2 rings (SSSR count). The maximum Gasteiger partial charge on any atom is 0.173 e. The lowest BCUT2D eigenvalue weighted by Gasteiger charge is -2.12. The molecule has 1 aliphatic carbocycles. The molecule has 4 nitrogen and oxygen atoms in total. The molecule has 0 aliphatic heterocycles. The first-order chi connectivity index (χ1) is 8.72. The van der Waals surface area contributed by atoms with Crippen LogP contribution in [0.25, 0.3) is 0 Å². The summed E-state index contributed by atoms with van der Waals surface area (Å²) in [5.74, 6) is 2.01. The van der Waals surface area contributed by atoms with Crippen LogP contribution in [0.5, 0.6) is 0 Å². The van der Waals surface area contributed by atoms with Crippen LogP contribution in [-0.4, -0.2) is 21.8 Å². The van der Waals surface area contributed by atoms with Crippen LogP contribution in [-0.2, 0) is 0 Å². The first kappa shape index (κ1) is 13.2. The van der Waals surface area contributed by atoms with Crippen LogP contribution in [0.4, 0.5) is 0 Å². The van der Waals surface area contributed by atoms with Crippen molar-refractivity contribution in [1.82, 2.24) is 4.98 Å². The van der Waals surface area contributed by atoms with E-state index in [0.717, 1.165) is 27.8 Å². The fourth-order valence-corrected chi connectivity index (χ4v) is 3.65. The summed E-state index contributed by atoms with van der Waals surface area (Å²) in [5, 5.41) is 12.8. The molecule has 0 aromatic carbocycles. The van der Waals surface area contributed by atoms with Gasteiger partial charge in [0.15, 0.2) is 5.84 Å². The van der Waals surface area contributed by atoms with Crippen molar-refractivity contribution in [3.05, 3.63) is 23.4 Å². The second-order valence-corrected chi connectivity index (χ2v) is 5.76. The van der Waals surface area contributed by atoms with Crippen molar-refractivity contribution >= 4 is 17.6 Å². The van der Waals surface area contributed by atoms with E-state index in [-0.39, 0.29) is 5.84 Å². The minimum Gasteiger partial charge on any atom is -0.409 e. The van der Waals surface area contributed by atoms with Gasteiger partial charge in [0.1, 0.15) is 5.03 Å². The van der Waals surface area contributed by atoms with Gasteiger partial charge in [0.25, 0.3) is 0 Å². The highest BCUT2D eigenvalue weighted by Crippen LogP contribution is 2.31. The monoisotopic (exact) mass is 265 g/mol. The zero-order chi connectivity index (χ0) is 13.0. The van der Waals surface area contributed by atoms with Gasteiger partial charge in [-0.1, -0.05) is 18.0 Å². The molecule has 0 bridgehead atoms. The summed E-state index contributed by atoms with van der Waals surface area (Å²) in [4.78, 5) is 4.36. The Morgan fingerprint density at radius 2 is 2.28 bits per heavy atom. The fourth-order valence-electron chi connectivity index (χ4n) is 2.38. The molecule has 1 heterocycles. The van der Waals surface area contributed by atoms with Gasteiger partial charge >= 0.3 is 0 Å². The summed E-state index contributed by atoms with van der Waals surface area (Å²) >= 11 is 1.72. The molecule has 1 fully saturated rings. The normalized spacial score (nSPS) is 17.3. The summed E-state index contributed by atoms with van der Waals surface area (Å²) in [5.41, 5.74) is 7.49. The number of aromatic nitrogens is 1. The lowest BCUT2D eigenvalue weighted by molar-refractivity contribution is 0.318. The Balaban J connectivity index is 2.13. The number of nitrogens with two attached hydrogens (primary N) is 1. The highest BCUT2D eigenvalue weighted by atomic mass is 32.2. The van der Waals surface area contributed by atoms with Crippen LogP contribution in [0.15, 0.2) is 22.4 Å². The van der Waals surface area contributed by atoms with Crippen molar-refractivity contribution in [1.29, 1.82) is 0 Å². The molecule has 18 heavy (non-hydrogen) atoms. The third kappa shape index (κ3) is 2.96. The molecule has 0 spiro atoms. The zero-order valence-corrected chi connectivity index (χ0v) is 11.4. The lowest BCUT2D eigenvalue weighted by atomic mass is 10.1. The summed E-state index contributed by atoms with van der Waals surface area (Å²) in [6.07, 6.45) is 7.11. The predicted octanol–water partition coefficient (Wildman–Crippen LogP) is 2.77. The summed E-state index contributed by atoms with van der Waals surface area (Å²) in [6.45, 7) is 1.95. The average molecular weight is 265 g/mol. The van der Waals surface area contributed by atoms with E-state index < -0.39 is 0 Å². The molecule has 0 saturated heterocycles. The molecule has 5 heteroatoms. The second-order valence-electron chi connectivity index (χ2n) is 4.75. The number of rotatable bonds is 4. The van der Waals surface area contributed by atoms with Crippen molar-refractivity contribution in [2.24, 2.45) is 16.8 Å². The van der Waals surface area contributed by atoms with Crippen LogP contribution in [0.1, 0.15) is 36.8 Å². The minimum atomic E-state index is 0.148. The Morgan fingerprint density at radius 3 is 2.94 bits per heavy atom. The first-order valence-corrected chi connectivity index (χ1v) is 7.27. The van der Waals surface area contributed by atoms with E-state index >= 15 is 0 Å². The Kier molecular flexibility index (Phi) is 4.47. The van der Waals surface area contributed by atoms with Gasteiger partial charge in [0.2, 0.25) is 0 Å². The molecule has 0 radical (unpaired) electrons. The Labute approximate surface area is 112 Å². The Bertz CT molecular complexity index is 442. The van der Waals surface area contributed by atoms with Crippen LogP contribution < -0.4 is 5.73 Å². The van der Waals surface area contributed by atoms with Gasteiger partial charge in [-0.2, -0.15) is 0 Å². The molecule has 1 saturated carbocycles. The molecule has 0 unspecified atom stereocenters. The highest BCUT2D eigenvalue weighted by molar-refractivity contribution is 7.99. The molecular formula is C13H19N3OS. The zero-order valence-electron chi connectivity index (χ0n) is 10.6. The van der Waals surface area contributed by atoms with Crippen LogP contribution in [0.2, 0.25) is 0 Å². The van der Waals surface area contributed by atoms with Gasteiger partial charge in [0.05, 0.1) is 5.56 Å². The maximum absolute atomic E-state index is 8.84. The van der Waals surface area contributed by atoms with E-state index in [1.807, 2.05) is 13.0 Å². The van der Waals surface area contributed by atoms with E-state index in [1.54, 1.807) is 18.0 Å². The number of amidine groups is 1. The first-order valence-electron chi connectivity index (χ1n) is 6.28. The number of hydrogen-bond acceptors (Lipinski definition) is 4. The predicted molar refractivity (Wildman–Crippen MR) is 74.2 cm³/mol. The lowest BCUT2D eigenvalue weighted by Crippen LogP contribution is -2.17. The molecule has 0 atom stereocenters. The Morgan fingerprint density at radius 1 is 1.56 bits per heavy atom. The van der Waals surface area contributed by atoms with Gasteiger partial charge in [-0.25, -0.2) is 4.98 Å². The summed E-state index contributed by atoms with van der Waals surface area (Å²) in [6, 6.07) is 1.88. The summed E-state index contributed by atoms with van der Waals surface area (Å²) < 4.78 is 0. The molecule has 1 aliphatic rings. The van der Waals surface area contributed by atoms with Gasteiger partial charge in [0, 0.05) is 11.9 Å². The van der Waals surface area contributed by atoms with E-state index in [0.29, 0.717) is 0 Å². The average Bonchev–Trinajstić information content (AvgIpc) is 2.88. The molecular weight excluding hydrogens is 246 g/mol. The van der Waals surface area contributed by atoms with Crippen molar-refractivity contribution in [3.63, 3.8) is 0 Å². The Hall–Kier alpha value is -1.23. The van der Waals surface area contributed by atoms with Gasteiger partial charge < -0.3 is 10.9 Å². The second kappa shape index (κ2) is 6.09. The van der Waals surface area contributed by atoms with E-state index in [9.17, 15) is 0 Å². The number of aryl methyl sites for hydroxylation is 1. The van der Waals surface area contributed by atoms with Gasteiger partial charge in [-0.05, 0) is 37.3 Å². The fraction of sp³-hybridized carbons (Fsp3) is 0.538. The van der Waals surface area contributed by atoms with E-state index in [2.05, 4.69) is 10.1 Å². The minimum absolute atomic E-state index is 0.148. The molecule has 1 aromatic heterocycles. The van der Waals surface area contributed by atoms with Crippen LogP contribution in [0, 0.1) is 12.8 Å². The van der Waals surface area contributed by atoms with Gasteiger partial charge in [-0.3, -0.25) is 0 Å². The summed E-state index contributed by atoms with van der Waals surface area (Å²) in [7, 11) is 0. The van der Waals surface area contributed by atoms with Crippen molar-refractivity contribution in [2.45, 2.75) is 37.6 Å². The van der Waals surface area contributed by atoms with Crippen molar-refractivity contribution in [3.8, 4) is 0 Å². The molecule has 0 amide bonds. The van der Waals surface area contributed by atoms with E-state index in [4.69, 9.17) is 10.9 Å². The standard InChI is InChI=1S/C13H19N3OS/c1-9-6-7-15-13(11(9)12(14)16-17)18-8-10-4-2-3-5-10/h6-7,10,17H,2-5,8H2,1H3,(H2,14,16). The van der Waals surface area contributed by atoms with Crippen molar-refractivity contribution in [2.75, 3.05) is 5.75 Å². The third-order valence-electron chi connectivity index (χ3n) is 3.42. The quantitative estimate of drug-likeness (QED) is 0.289. The highest BCUT2D eigenvalue weighted by Gasteiger charge is 2.18. The SMILES string of the molecule is Cc1ccnc(SCC2CCCC2)c1/C(N)=N/O. The smallest absolute Gasteiger partial charge is 0.173 e. The largest absolute Gasteiger partial charge is 0.409 e. The van der Waals surface area contributed by atoms with Gasteiger partial charge in [-0.15, -0.1) is 11.8 Å². The molecule has 98 valence electrons. The van der Waals surface area contributed by atoms with E-state index in [1.165, 1.54) is 25.7 Å². The van der Waals surface area contributed by atoms with Crippen LogP contribution in [0.3, 0.4) is 0 Å². The number of oxime groups is 1. The van der Waals surface area contributed by atoms with Crippen molar-refractivity contribution < 1.29 is 5.21 Å². The molecule has 1 aromatic rings. The maximum atomic E-state index is 8.84. The number of pyridine rings is 1. The van der Waals surface area contributed by atoms with Crippen LogP contribution >= 0.6 is 11.8 Å². The molecule has 3 N–H and O–H groups in total. The topological polar surface area (TPSA) is 71.5 Å². The number of thioether (sulfide) groups is 1. The number of nitrogens with zero attached hydrogens (tertiary/aromatic N) is 2. The third-order valence-corrected chi connectivity index (χ3v) is 4.64.